The number of thiol groups is 1. The summed E-state index contributed by atoms with van der Waals surface area (Å²) in [6.07, 6.45) is 0. The third-order valence-corrected chi connectivity index (χ3v) is 0.858. The molecule has 0 atom stereocenters. The molecular formula is CH4N2O4S. The lowest BCUT2D eigenvalue weighted by atomic mass is 11.2. The van der Waals surface area contributed by atoms with Crippen molar-refractivity contribution < 1.29 is 18.4 Å². The SMILES string of the molecule is NC(=O)N(O)[SH](=O)=O. The number of rotatable bonds is 1. The zero-order valence-corrected chi connectivity index (χ0v) is 4.54. The van der Waals surface area contributed by atoms with Crippen molar-refractivity contribution >= 4 is 16.9 Å². The standard InChI is InChI=1S/CH4N2O4S/c2-1(4)3(5)8(6)7/h5,8H,(H2,2,4). The second-order valence-corrected chi connectivity index (χ2v) is 1.72. The Morgan fingerprint density at radius 3 is 2.00 bits per heavy atom. The quantitative estimate of drug-likeness (QED) is 0.229. The lowest BCUT2D eigenvalue weighted by Gasteiger charge is -1.98. The minimum Gasteiger partial charge on any atom is -0.349 e. The van der Waals surface area contributed by atoms with Gasteiger partial charge in [-0.15, -0.1) is 0 Å². The first-order valence-corrected chi connectivity index (χ1v) is 2.61. The number of hydrogen-bond acceptors (Lipinski definition) is 4. The summed E-state index contributed by atoms with van der Waals surface area (Å²) in [5.41, 5.74) is 4.29. The maximum atomic E-state index is 9.66. The van der Waals surface area contributed by atoms with Gasteiger partial charge in [0.05, 0.1) is 0 Å². The number of amides is 2. The molecular weight excluding hydrogens is 136 g/mol. The molecule has 0 aliphatic heterocycles. The predicted molar refractivity (Wildman–Crippen MR) is 23.5 cm³/mol. The Morgan fingerprint density at radius 2 is 2.00 bits per heavy atom. The van der Waals surface area contributed by atoms with Gasteiger partial charge in [0, 0.05) is 0 Å². The van der Waals surface area contributed by atoms with Crippen molar-refractivity contribution in [2.75, 3.05) is 0 Å². The van der Waals surface area contributed by atoms with Crippen LogP contribution < -0.4 is 5.73 Å². The number of hydroxylamine groups is 1. The number of carbonyl (C=O) groups is 1. The lowest BCUT2D eigenvalue weighted by Crippen LogP contribution is -2.30. The molecule has 0 aromatic heterocycles. The zero-order chi connectivity index (χ0) is 6.73. The molecule has 0 saturated heterocycles. The van der Waals surface area contributed by atoms with Crippen LogP contribution >= 0.6 is 0 Å². The van der Waals surface area contributed by atoms with Crippen LogP contribution in [0.3, 0.4) is 0 Å². The molecule has 0 bridgehead atoms. The van der Waals surface area contributed by atoms with Gasteiger partial charge in [0.25, 0.3) is 10.9 Å². The fourth-order valence-corrected chi connectivity index (χ4v) is 0.241. The van der Waals surface area contributed by atoms with Gasteiger partial charge in [-0.1, -0.05) is 4.47 Å². The van der Waals surface area contributed by atoms with Crippen LogP contribution in [0.4, 0.5) is 4.79 Å². The normalized spacial score (nSPS) is 9.25. The van der Waals surface area contributed by atoms with Gasteiger partial charge in [0.2, 0.25) is 0 Å². The second-order valence-electron chi connectivity index (χ2n) is 0.866. The van der Waals surface area contributed by atoms with Gasteiger partial charge >= 0.3 is 6.03 Å². The molecule has 6 nitrogen and oxygen atoms in total. The monoisotopic (exact) mass is 140 g/mol. The predicted octanol–water partition coefficient (Wildman–Crippen LogP) is -1.72. The van der Waals surface area contributed by atoms with Gasteiger partial charge in [0.15, 0.2) is 0 Å². The number of carbonyl (C=O) groups excluding carboxylic acids is 1. The summed E-state index contributed by atoms with van der Waals surface area (Å²) in [7, 11) is -3.29. The van der Waals surface area contributed by atoms with Gasteiger partial charge in [-0.05, 0) is 0 Å². The second kappa shape index (κ2) is 2.48. The molecule has 8 heavy (non-hydrogen) atoms. The number of nitrogens with two attached hydrogens (primary N) is 1. The summed E-state index contributed by atoms with van der Waals surface area (Å²) >= 11 is 0. The summed E-state index contributed by atoms with van der Waals surface area (Å²) in [4.78, 5) is 9.66. The lowest BCUT2D eigenvalue weighted by molar-refractivity contribution is 0.0498. The molecule has 2 amide bonds. The van der Waals surface area contributed by atoms with E-state index < -0.39 is 21.4 Å². The minimum atomic E-state index is -3.29. The molecule has 0 saturated carbocycles. The summed E-state index contributed by atoms with van der Waals surface area (Å²) in [6.45, 7) is 0. The molecule has 0 rings (SSSR count). The highest BCUT2D eigenvalue weighted by molar-refractivity contribution is 7.70. The number of hydrogen-bond donors (Lipinski definition) is 3. The molecule has 0 spiro atoms. The van der Waals surface area contributed by atoms with E-state index in [1.165, 1.54) is 0 Å². The highest BCUT2D eigenvalue weighted by Crippen LogP contribution is 1.75. The molecule has 48 valence electrons. The molecule has 0 fully saturated rings. The van der Waals surface area contributed by atoms with Gasteiger partial charge in [-0.25, -0.2) is 13.2 Å². The third kappa shape index (κ3) is 1.76. The largest absolute Gasteiger partial charge is 0.353 e. The highest BCUT2D eigenvalue weighted by Gasteiger charge is 2.04. The molecule has 0 aliphatic rings. The molecule has 7 heteroatoms. The van der Waals surface area contributed by atoms with Crippen molar-refractivity contribution in [2.45, 2.75) is 0 Å². The van der Waals surface area contributed by atoms with Crippen LogP contribution in [0, 0.1) is 0 Å². The van der Waals surface area contributed by atoms with E-state index in [4.69, 9.17) is 5.21 Å². The Kier molecular flexibility index (Phi) is 2.22. The van der Waals surface area contributed by atoms with Crippen LogP contribution in [0.25, 0.3) is 0 Å². The van der Waals surface area contributed by atoms with Crippen LogP contribution in [0.1, 0.15) is 0 Å². The zero-order valence-electron chi connectivity index (χ0n) is 3.64. The van der Waals surface area contributed by atoms with E-state index in [9.17, 15) is 13.2 Å². The number of primary amides is 1. The Morgan fingerprint density at radius 1 is 1.62 bits per heavy atom. The molecule has 0 aromatic carbocycles. The number of nitrogens with zero attached hydrogens (tertiary/aromatic N) is 1. The van der Waals surface area contributed by atoms with E-state index in [0.29, 0.717) is 0 Å². The van der Waals surface area contributed by atoms with E-state index >= 15 is 0 Å². The first kappa shape index (κ1) is 7.18. The van der Waals surface area contributed by atoms with Gasteiger partial charge in [-0.2, -0.15) is 0 Å². The molecule has 0 aliphatic carbocycles. The van der Waals surface area contributed by atoms with Crippen molar-refractivity contribution in [3.63, 3.8) is 0 Å². The molecule has 0 radical (unpaired) electrons. The van der Waals surface area contributed by atoms with Crippen LogP contribution in [0.15, 0.2) is 0 Å². The molecule has 0 aromatic rings. The van der Waals surface area contributed by atoms with E-state index in [0.717, 1.165) is 0 Å². The maximum Gasteiger partial charge on any atom is 0.353 e. The van der Waals surface area contributed by atoms with Gasteiger partial charge < -0.3 is 5.73 Å². The summed E-state index contributed by atoms with van der Waals surface area (Å²) in [6, 6.07) is -1.42. The Hall–Kier alpha value is -0.820. The number of urea groups is 1. The molecule has 0 unspecified atom stereocenters. The van der Waals surface area contributed by atoms with Crippen molar-refractivity contribution in [1.29, 1.82) is 0 Å². The first-order valence-electron chi connectivity index (χ1n) is 1.48. The van der Waals surface area contributed by atoms with Crippen molar-refractivity contribution in [2.24, 2.45) is 5.73 Å². The molecule has 3 N–H and O–H groups in total. The highest BCUT2D eigenvalue weighted by atomic mass is 32.2. The van der Waals surface area contributed by atoms with Crippen LogP contribution in [-0.2, 0) is 10.9 Å². The Labute approximate surface area is 46.5 Å². The Bertz CT molecular complexity index is 153. The Balaban J connectivity index is 4.04. The van der Waals surface area contributed by atoms with Crippen molar-refractivity contribution in [1.82, 2.24) is 4.47 Å². The summed E-state index contributed by atoms with van der Waals surface area (Å²) in [5.74, 6) is 0. The van der Waals surface area contributed by atoms with Crippen LogP contribution in [-0.4, -0.2) is 24.1 Å². The van der Waals surface area contributed by atoms with E-state index in [1.807, 2.05) is 0 Å². The van der Waals surface area contributed by atoms with E-state index in [-0.39, 0.29) is 0 Å². The van der Waals surface area contributed by atoms with Crippen molar-refractivity contribution in [3.05, 3.63) is 0 Å². The van der Waals surface area contributed by atoms with Crippen LogP contribution in [0.5, 0.6) is 0 Å². The molecule has 0 heterocycles. The van der Waals surface area contributed by atoms with E-state index in [2.05, 4.69) is 5.73 Å². The fraction of sp³-hybridized carbons (Fsp3) is 0. The minimum absolute atomic E-state index is 0.574. The van der Waals surface area contributed by atoms with Gasteiger partial charge in [-0.3, -0.25) is 5.21 Å². The third-order valence-electron chi connectivity index (χ3n) is 0.352. The smallest absolute Gasteiger partial charge is 0.349 e. The van der Waals surface area contributed by atoms with Crippen LogP contribution in [0.2, 0.25) is 0 Å². The topological polar surface area (TPSA) is 101 Å². The fourth-order valence-electron chi connectivity index (χ4n) is 0.0805. The average molecular weight is 140 g/mol. The van der Waals surface area contributed by atoms with E-state index in [1.54, 1.807) is 0 Å². The van der Waals surface area contributed by atoms with Gasteiger partial charge in [0.1, 0.15) is 0 Å². The first-order chi connectivity index (χ1) is 3.55. The average Bonchev–Trinajstić information content (AvgIpc) is 1.64. The van der Waals surface area contributed by atoms with Crippen molar-refractivity contribution in [3.8, 4) is 0 Å². The summed E-state index contributed by atoms with van der Waals surface area (Å²) in [5, 5.41) is 7.97. The maximum absolute atomic E-state index is 9.66. The summed E-state index contributed by atoms with van der Waals surface area (Å²) < 4.78 is 18.5.